The van der Waals surface area contributed by atoms with E-state index in [2.05, 4.69) is 22.1 Å². The Labute approximate surface area is 99.3 Å². The van der Waals surface area contributed by atoms with Crippen molar-refractivity contribution in [1.29, 1.82) is 0 Å². The molecule has 2 saturated heterocycles. The molecule has 2 rings (SSSR count). The standard InChI is InChI=1S/C13H25N3/c1-12(10-13-4-2-3-5-15-13)11-16-8-6-14-7-9-16/h13-15H,1-11H2. The van der Waals surface area contributed by atoms with Gasteiger partial charge in [-0.2, -0.15) is 0 Å². The van der Waals surface area contributed by atoms with Gasteiger partial charge in [-0.1, -0.05) is 18.6 Å². The fourth-order valence-electron chi connectivity index (χ4n) is 2.70. The monoisotopic (exact) mass is 223 g/mol. The Morgan fingerprint density at radius 3 is 2.69 bits per heavy atom. The molecule has 0 aliphatic carbocycles. The van der Waals surface area contributed by atoms with E-state index in [0.29, 0.717) is 6.04 Å². The molecule has 0 saturated carbocycles. The molecule has 16 heavy (non-hydrogen) atoms. The van der Waals surface area contributed by atoms with Gasteiger partial charge < -0.3 is 10.6 Å². The maximum Gasteiger partial charge on any atom is 0.0191 e. The number of piperazine rings is 1. The molecule has 2 heterocycles. The first kappa shape index (κ1) is 12.1. The molecule has 3 nitrogen and oxygen atoms in total. The first-order valence-corrected chi connectivity index (χ1v) is 6.68. The summed E-state index contributed by atoms with van der Waals surface area (Å²) in [5, 5.41) is 6.98. The topological polar surface area (TPSA) is 27.3 Å². The van der Waals surface area contributed by atoms with E-state index in [4.69, 9.17) is 0 Å². The van der Waals surface area contributed by atoms with Gasteiger partial charge in [0.05, 0.1) is 0 Å². The van der Waals surface area contributed by atoms with Crippen LogP contribution in [0, 0.1) is 0 Å². The maximum atomic E-state index is 4.24. The van der Waals surface area contributed by atoms with Gasteiger partial charge in [0.25, 0.3) is 0 Å². The molecule has 1 unspecified atom stereocenters. The fraction of sp³-hybridized carbons (Fsp3) is 0.846. The Balaban J connectivity index is 1.66. The highest BCUT2D eigenvalue weighted by Gasteiger charge is 2.15. The number of nitrogens with zero attached hydrogens (tertiary/aromatic N) is 1. The van der Waals surface area contributed by atoms with Gasteiger partial charge in [0.2, 0.25) is 0 Å². The zero-order valence-corrected chi connectivity index (χ0v) is 10.3. The van der Waals surface area contributed by atoms with Gasteiger partial charge in [-0.15, -0.1) is 0 Å². The minimum Gasteiger partial charge on any atom is -0.314 e. The van der Waals surface area contributed by atoms with Gasteiger partial charge in [0, 0.05) is 38.8 Å². The predicted octanol–water partition coefficient (Wildman–Crippen LogP) is 0.980. The summed E-state index contributed by atoms with van der Waals surface area (Å²) in [4.78, 5) is 2.52. The van der Waals surface area contributed by atoms with Crippen LogP contribution in [0.25, 0.3) is 0 Å². The zero-order valence-electron chi connectivity index (χ0n) is 10.3. The van der Waals surface area contributed by atoms with Crippen molar-refractivity contribution in [1.82, 2.24) is 15.5 Å². The number of hydrogen-bond donors (Lipinski definition) is 2. The summed E-state index contributed by atoms with van der Waals surface area (Å²) >= 11 is 0. The van der Waals surface area contributed by atoms with Crippen LogP contribution >= 0.6 is 0 Å². The van der Waals surface area contributed by atoms with Crippen molar-refractivity contribution >= 4 is 0 Å². The average molecular weight is 223 g/mol. The number of hydrogen-bond acceptors (Lipinski definition) is 3. The highest BCUT2D eigenvalue weighted by molar-refractivity contribution is 5.01. The molecule has 0 aromatic heterocycles. The van der Waals surface area contributed by atoms with E-state index in [1.165, 1.54) is 50.9 Å². The molecule has 0 bridgehead atoms. The molecule has 0 aromatic carbocycles. The van der Waals surface area contributed by atoms with Gasteiger partial charge in [0.15, 0.2) is 0 Å². The summed E-state index contributed by atoms with van der Waals surface area (Å²) in [7, 11) is 0. The molecule has 1 atom stereocenters. The normalized spacial score (nSPS) is 27.9. The number of nitrogens with one attached hydrogen (secondary N) is 2. The van der Waals surface area contributed by atoms with Crippen molar-refractivity contribution in [2.45, 2.75) is 31.7 Å². The van der Waals surface area contributed by atoms with E-state index >= 15 is 0 Å². The number of piperidine rings is 1. The van der Waals surface area contributed by atoms with E-state index in [9.17, 15) is 0 Å². The van der Waals surface area contributed by atoms with Crippen LogP contribution in [-0.4, -0.2) is 50.2 Å². The Morgan fingerprint density at radius 1 is 1.19 bits per heavy atom. The second-order valence-electron chi connectivity index (χ2n) is 5.13. The average Bonchev–Trinajstić information content (AvgIpc) is 2.31. The fourth-order valence-corrected chi connectivity index (χ4v) is 2.70. The van der Waals surface area contributed by atoms with Crippen LogP contribution in [0.1, 0.15) is 25.7 Å². The van der Waals surface area contributed by atoms with Crippen LogP contribution in [0.4, 0.5) is 0 Å². The molecular weight excluding hydrogens is 198 g/mol. The lowest BCUT2D eigenvalue weighted by molar-refractivity contribution is 0.255. The van der Waals surface area contributed by atoms with Crippen molar-refractivity contribution < 1.29 is 0 Å². The molecule has 92 valence electrons. The third-order valence-electron chi connectivity index (χ3n) is 3.60. The Hall–Kier alpha value is -0.380. The van der Waals surface area contributed by atoms with E-state index < -0.39 is 0 Å². The Kier molecular flexibility index (Phi) is 4.82. The highest BCUT2D eigenvalue weighted by atomic mass is 15.2. The van der Waals surface area contributed by atoms with Crippen LogP contribution < -0.4 is 10.6 Å². The van der Waals surface area contributed by atoms with Crippen LogP contribution in [0.3, 0.4) is 0 Å². The van der Waals surface area contributed by atoms with Crippen molar-refractivity contribution in [3.63, 3.8) is 0 Å². The van der Waals surface area contributed by atoms with E-state index in [-0.39, 0.29) is 0 Å². The maximum absolute atomic E-state index is 4.24. The largest absolute Gasteiger partial charge is 0.314 e. The van der Waals surface area contributed by atoms with E-state index in [0.717, 1.165) is 19.6 Å². The lowest BCUT2D eigenvalue weighted by Crippen LogP contribution is -2.44. The molecule has 2 fully saturated rings. The number of rotatable bonds is 4. The quantitative estimate of drug-likeness (QED) is 0.696. The second kappa shape index (κ2) is 6.38. The minimum atomic E-state index is 0.698. The van der Waals surface area contributed by atoms with Crippen molar-refractivity contribution in [3.05, 3.63) is 12.2 Å². The summed E-state index contributed by atoms with van der Waals surface area (Å²) in [6, 6.07) is 0.698. The van der Waals surface area contributed by atoms with Crippen molar-refractivity contribution in [3.8, 4) is 0 Å². The first-order valence-electron chi connectivity index (χ1n) is 6.68. The lowest BCUT2D eigenvalue weighted by atomic mass is 9.98. The van der Waals surface area contributed by atoms with Crippen LogP contribution in [-0.2, 0) is 0 Å². The van der Waals surface area contributed by atoms with Gasteiger partial charge in [-0.05, 0) is 25.8 Å². The molecule has 0 aromatic rings. The van der Waals surface area contributed by atoms with E-state index in [1.54, 1.807) is 0 Å². The molecule has 0 spiro atoms. The molecule has 0 radical (unpaired) electrons. The summed E-state index contributed by atoms with van der Waals surface area (Å²) < 4.78 is 0. The third kappa shape index (κ3) is 3.89. The van der Waals surface area contributed by atoms with Gasteiger partial charge in [0.1, 0.15) is 0 Å². The Bertz CT molecular complexity index is 193. The van der Waals surface area contributed by atoms with Gasteiger partial charge in [-0.3, -0.25) is 4.90 Å². The first-order chi connectivity index (χ1) is 7.84. The lowest BCUT2D eigenvalue weighted by Gasteiger charge is -2.30. The Morgan fingerprint density at radius 2 is 2.00 bits per heavy atom. The van der Waals surface area contributed by atoms with Gasteiger partial charge >= 0.3 is 0 Å². The highest BCUT2D eigenvalue weighted by Crippen LogP contribution is 2.14. The summed E-state index contributed by atoms with van der Waals surface area (Å²) in [5.74, 6) is 0. The van der Waals surface area contributed by atoms with Crippen LogP contribution in [0.5, 0.6) is 0 Å². The molecule has 3 heteroatoms. The predicted molar refractivity (Wildman–Crippen MR) is 68.7 cm³/mol. The van der Waals surface area contributed by atoms with Crippen LogP contribution in [0.2, 0.25) is 0 Å². The SMILES string of the molecule is C=C(CC1CCCCN1)CN1CCNCC1. The molecule has 0 amide bonds. The molecule has 2 aliphatic heterocycles. The summed E-state index contributed by atoms with van der Waals surface area (Å²) in [6.07, 6.45) is 5.24. The molecular formula is C13H25N3. The summed E-state index contributed by atoms with van der Waals surface area (Å²) in [6.45, 7) is 11.2. The van der Waals surface area contributed by atoms with Crippen molar-refractivity contribution in [2.24, 2.45) is 0 Å². The minimum absolute atomic E-state index is 0.698. The second-order valence-corrected chi connectivity index (χ2v) is 5.13. The molecule has 2 aliphatic rings. The summed E-state index contributed by atoms with van der Waals surface area (Å²) in [5.41, 5.74) is 1.40. The third-order valence-corrected chi connectivity index (χ3v) is 3.60. The van der Waals surface area contributed by atoms with Gasteiger partial charge in [-0.25, -0.2) is 0 Å². The van der Waals surface area contributed by atoms with Crippen LogP contribution in [0.15, 0.2) is 12.2 Å². The van der Waals surface area contributed by atoms with E-state index in [1.807, 2.05) is 0 Å². The smallest absolute Gasteiger partial charge is 0.0191 e. The van der Waals surface area contributed by atoms with Crippen molar-refractivity contribution in [2.75, 3.05) is 39.3 Å². The molecule has 2 N–H and O–H groups in total. The zero-order chi connectivity index (χ0) is 11.2.